The molecule has 0 unspecified atom stereocenters. The van der Waals surface area contributed by atoms with Gasteiger partial charge in [0.2, 0.25) is 5.91 Å². The molecule has 2 aromatic carbocycles. The lowest BCUT2D eigenvalue weighted by Crippen LogP contribution is -2.25. The molecule has 6 heteroatoms. The highest BCUT2D eigenvalue weighted by atomic mass is 19.1. The van der Waals surface area contributed by atoms with Crippen molar-refractivity contribution in [3.05, 3.63) is 65.0 Å². The number of hydrogen-bond donors (Lipinski definition) is 2. The van der Waals surface area contributed by atoms with Crippen LogP contribution in [-0.4, -0.2) is 24.1 Å². The maximum atomic E-state index is 13.3. The Balaban J connectivity index is 1.59. The van der Waals surface area contributed by atoms with Crippen molar-refractivity contribution in [3.63, 3.8) is 0 Å². The molecule has 2 N–H and O–H groups in total. The van der Waals surface area contributed by atoms with Crippen molar-refractivity contribution in [1.29, 1.82) is 0 Å². The molecule has 5 nitrogen and oxygen atoms in total. The summed E-state index contributed by atoms with van der Waals surface area (Å²) in [6.45, 7) is 0.279. The molecule has 2 aromatic rings. The Morgan fingerprint density at radius 2 is 2.08 bits per heavy atom. The van der Waals surface area contributed by atoms with Gasteiger partial charge in [0.15, 0.2) is 0 Å². The van der Waals surface area contributed by atoms with E-state index in [1.165, 1.54) is 25.3 Å². The first kappa shape index (κ1) is 17.0. The Morgan fingerprint density at radius 3 is 2.76 bits per heavy atom. The van der Waals surface area contributed by atoms with Crippen LogP contribution in [0.1, 0.15) is 33.8 Å². The predicted octanol–water partition coefficient (Wildman–Crippen LogP) is 2.95. The van der Waals surface area contributed by atoms with E-state index in [1.807, 2.05) is 6.07 Å². The van der Waals surface area contributed by atoms with Crippen LogP contribution in [-0.2, 0) is 11.3 Å². The van der Waals surface area contributed by atoms with Crippen LogP contribution in [0.15, 0.2) is 42.5 Å². The molecular formula is C19H18FNO4. The standard InChI is InChI=1S/C19H18FNO4/c1-25-17-7-11(5-6-14(17)19(23)24)10-21-18(22)16-9-15(16)12-3-2-4-13(20)8-12/h2-8,15-16H,9-10H2,1H3,(H,21,22)(H,23,24)/t15-,16-/m0/s1. The van der Waals surface area contributed by atoms with Gasteiger partial charge in [0, 0.05) is 12.5 Å². The quantitative estimate of drug-likeness (QED) is 0.845. The lowest BCUT2D eigenvalue weighted by Gasteiger charge is -2.09. The number of carboxylic acids is 1. The predicted molar refractivity (Wildman–Crippen MR) is 89.0 cm³/mol. The molecule has 25 heavy (non-hydrogen) atoms. The van der Waals surface area contributed by atoms with Gasteiger partial charge in [-0.1, -0.05) is 18.2 Å². The minimum absolute atomic E-state index is 0.0552. The highest BCUT2D eigenvalue weighted by molar-refractivity contribution is 5.91. The maximum absolute atomic E-state index is 13.3. The second kappa shape index (κ2) is 6.93. The van der Waals surface area contributed by atoms with E-state index in [-0.39, 0.29) is 41.4 Å². The van der Waals surface area contributed by atoms with Gasteiger partial charge < -0.3 is 15.2 Å². The third kappa shape index (κ3) is 3.79. The second-order valence-electron chi connectivity index (χ2n) is 6.06. The molecule has 3 rings (SSSR count). The fourth-order valence-corrected chi connectivity index (χ4v) is 2.93. The van der Waals surface area contributed by atoms with Crippen LogP contribution < -0.4 is 10.1 Å². The molecule has 0 heterocycles. The number of rotatable bonds is 6. The van der Waals surface area contributed by atoms with E-state index in [2.05, 4.69) is 5.32 Å². The first-order chi connectivity index (χ1) is 12.0. The van der Waals surface area contributed by atoms with Gasteiger partial charge in [-0.05, 0) is 47.7 Å². The van der Waals surface area contributed by atoms with Gasteiger partial charge >= 0.3 is 5.97 Å². The van der Waals surface area contributed by atoms with E-state index in [1.54, 1.807) is 18.2 Å². The van der Waals surface area contributed by atoms with Gasteiger partial charge in [0.1, 0.15) is 17.1 Å². The molecule has 0 saturated heterocycles. The SMILES string of the molecule is COc1cc(CNC(=O)[C@H]2C[C@H]2c2cccc(F)c2)ccc1C(=O)O. The summed E-state index contributed by atoms with van der Waals surface area (Å²) in [5, 5.41) is 11.9. The Labute approximate surface area is 144 Å². The first-order valence-corrected chi connectivity index (χ1v) is 7.93. The number of ether oxygens (including phenoxy) is 1. The molecule has 1 aliphatic rings. The minimum Gasteiger partial charge on any atom is -0.496 e. The van der Waals surface area contributed by atoms with Crippen LogP contribution in [0, 0.1) is 11.7 Å². The molecule has 0 bridgehead atoms. The van der Waals surface area contributed by atoms with Crippen molar-refractivity contribution in [2.75, 3.05) is 7.11 Å². The average molecular weight is 343 g/mol. The van der Waals surface area contributed by atoms with Gasteiger partial charge in [-0.2, -0.15) is 0 Å². The second-order valence-corrected chi connectivity index (χ2v) is 6.06. The van der Waals surface area contributed by atoms with E-state index in [4.69, 9.17) is 9.84 Å². The molecule has 0 aliphatic heterocycles. The van der Waals surface area contributed by atoms with Crippen molar-refractivity contribution in [2.24, 2.45) is 5.92 Å². The van der Waals surface area contributed by atoms with Crippen LogP contribution in [0.5, 0.6) is 5.75 Å². The molecule has 130 valence electrons. The zero-order chi connectivity index (χ0) is 18.0. The highest BCUT2D eigenvalue weighted by Crippen LogP contribution is 2.47. The van der Waals surface area contributed by atoms with Crippen molar-refractivity contribution in [3.8, 4) is 5.75 Å². The van der Waals surface area contributed by atoms with Crippen LogP contribution >= 0.6 is 0 Å². The van der Waals surface area contributed by atoms with Gasteiger partial charge in [0.25, 0.3) is 0 Å². The van der Waals surface area contributed by atoms with Crippen LogP contribution in [0.4, 0.5) is 4.39 Å². The van der Waals surface area contributed by atoms with Crippen molar-refractivity contribution < 1.29 is 23.8 Å². The van der Waals surface area contributed by atoms with E-state index >= 15 is 0 Å². The summed E-state index contributed by atoms with van der Waals surface area (Å²) in [6.07, 6.45) is 0.705. The number of methoxy groups -OCH3 is 1. The molecule has 1 amide bonds. The summed E-state index contributed by atoms with van der Waals surface area (Å²) in [4.78, 5) is 23.3. The van der Waals surface area contributed by atoms with Crippen LogP contribution in [0.25, 0.3) is 0 Å². The highest BCUT2D eigenvalue weighted by Gasteiger charge is 2.43. The molecule has 1 saturated carbocycles. The molecular weight excluding hydrogens is 325 g/mol. The molecule has 0 radical (unpaired) electrons. The number of carboxylic acid groups (broad SMARTS) is 1. The van der Waals surface area contributed by atoms with E-state index in [0.29, 0.717) is 6.42 Å². The summed E-state index contributed by atoms with van der Waals surface area (Å²) in [5.41, 5.74) is 1.66. The van der Waals surface area contributed by atoms with Crippen LogP contribution in [0.2, 0.25) is 0 Å². The lowest BCUT2D eigenvalue weighted by atomic mass is 10.1. The molecule has 2 atom stereocenters. The number of carbonyl (C=O) groups is 2. The van der Waals surface area contributed by atoms with E-state index < -0.39 is 5.97 Å². The number of hydrogen-bond acceptors (Lipinski definition) is 3. The normalized spacial score (nSPS) is 18.5. The summed E-state index contributed by atoms with van der Waals surface area (Å²) in [5.74, 6) is -1.29. The van der Waals surface area contributed by atoms with Crippen molar-refractivity contribution >= 4 is 11.9 Å². The summed E-state index contributed by atoms with van der Waals surface area (Å²) >= 11 is 0. The number of halogens is 1. The summed E-state index contributed by atoms with van der Waals surface area (Å²) in [6, 6.07) is 11.0. The zero-order valence-corrected chi connectivity index (χ0v) is 13.7. The number of carbonyl (C=O) groups excluding carboxylic acids is 1. The van der Waals surface area contributed by atoms with Gasteiger partial charge in [-0.3, -0.25) is 4.79 Å². The van der Waals surface area contributed by atoms with Gasteiger partial charge in [-0.25, -0.2) is 9.18 Å². The maximum Gasteiger partial charge on any atom is 0.339 e. The summed E-state index contributed by atoms with van der Waals surface area (Å²) in [7, 11) is 1.40. The third-order valence-corrected chi connectivity index (χ3v) is 4.37. The van der Waals surface area contributed by atoms with E-state index in [9.17, 15) is 14.0 Å². The van der Waals surface area contributed by atoms with Crippen molar-refractivity contribution in [1.82, 2.24) is 5.32 Å². The largest absolute Gasteiger partial charge is 0.496 e. The Morgan fingerprint density at radius 1 is 1.28 bits per heavy atom. The number of amides is 1. The fraction of sp³-hybridized carbons (Fsp3) is 0.263. The average Bonchev–Trinajstić information content (AvgIpc) is 3.40. The number of benzene rings is 2. The van der Waals surface area contributed by atoms with Crippen molar-refractivity contribution in [2.45, 2.75) is 18.9 Å². The third-order valence-electron chi connectivity index (χ3n) is 4.37. The monoisotopic (exact) mass is 343 g/mol. The van der Waals surface area contributed by atoms with E-state index in [0.717, 1.165) is 11.1 Å². The zero-order valence-electron chi connectivity index (χ0n) is 13.7. The smallest absolute Gasteiger partial charge is 0.339 e. The van der Waals surface area contributed by atoms with Gasteiger partial charge in [-0.15, -0.1) is 0 Å². The molecule has 1 aliphatic carbocycles. The Kier molecular flexibility index (Phi) is 4.70. The molecule has 0 spiro atoms. The molecule has 1 fully saturated rings. The number of aromatic carboxylic acids is 1. The Hall–Kier alpha value is -2.89. The first-order valence-electron chi connectivity index (χ1n) is 7.93. The lowest BCUT2D eigenvalue weighted by molar-refractivity contribution is -0.122. The topological polar surface area (TPSA) is 75.6 Å². The summed E-state index contributed by atoms with van der Waals surface area (Å²) < 4.78 is 18.3. The minimum atomic E-state index is -1.07. The molecule has 0 aromatic heterocycles. The fourth-order valence-electron chi connectivity index (χ4n) is 2.93. The Bertz CT molecular complexity index is 821. The number of nitrogens with one attached hydrogen (secondary N) is 1. The van der Waals surface area contributed by atoms with Gasteiger partial charge in [0.05, 0.1) is 7.11 Å². The van der Waals surface area contributed by atoms with Crippen LogP contribution in [0.3, 0.4) is 0 Å².